The summed E-state index contributed by atoms with van der Waals surface area (Å²) in [5, 5.41) is 2.85. The van der Waals surface area contributed by atoms with Crippen LogP contribution in [0.1, 0.15) is 30.1 Å². The number of hydrogen-bond donors (Lipinski definition) is 1. The van der Waals surface area contributed by atoms with Gasteiger partial charge in [0.2, 0.25) is 5.91 Å². The van der Waals surface area contributed by atoms with E-state index in [-0.39, 0.29) is 12.5 Å². The Hall–Kier alpha value is -2.04. The molecule has 0 unspecified atom stereocenters. The van der Waals surface area contributed by atoms with Gasteiger partial charge in [-0.1, -0.05) is 25.5 Å². The van der Waals surface area contributed by atoms with Crippen molar-refractivity contribution in [3.63, 3.8) is 0 Å². The van der Waals surface area contributed by atoms with Crippen molar-refractivity contribution in [3.05, 3.63) is 29.8 Å². The molecule has 0 heterocycles. The third-order valence-corrected chi connectivity index (χ3v) is 2.95. The number of methoxy groups -OCH3 is 1. The van der Waals surface area contributed by atoms with Gasteiger partial charge in [-0.15, -0.1) is 0 Å². The molecule has 0 bridgehead atoms. The number of likely N-dealkylation sites (N-methyl/N-ethyl adjacent to an activating group) is 1. The number of anilines is 1. The van der Waals surface area contributed by atoms with Crippen molar-refractivity contribution in [1.29, 1.82) is 0 Å². The molecule has 0 saturated heterocycles. The van der Waals surface area contributed by atoms with Crippen LogP contribution >= 0.6 is 0 Å². The Balaban J connectivity index is 2.70. The maximum Gasteiger partial charge on any atom is 0.339 e. The highest BCUT2D eigenvalue weighted by Gasteiger charge is 2.15. The fourth-order valence-corrected chi connectivity index (χ4v) is 1.85. The van der Waals surface area contributed by atoms with Crippen LogP contribution in [-0.4, -0.2) is 39.1 Å². The number of carbonyl (C=O) groups excluding carboxylic acids is 2. The van der Waals surface area contributed by atoms with Crippen LogP contribution < -0.4 is 10.2 Å². The third-order valence-electron chi connectivity index (χ3n) is 2.95. The van der Waals surface area contributed by atoms with E-state index in [1.807, 2.05) is 6.07 Å². The van der Waals surface area contributed by atoms with Crippen LogP contribution in [0.4, 0.5) is 5.69 Å². The number of para-hydroxylation sites is 1. The Morgan fingerprint density at radius 3 is 2.65 bits per heavy atom. The zero-order valence-electron chi connectivity index (χ0n) is 12.3. The van der Waals surface area contributed by atoms with Crippen molar-refractivity contribution in [3.8, 4) is 0 Å². The molecule has 0 aromatic heterocycles. The minimum absolute atomic E-state index is 0.0550. The molecule has 110 valence electrons. The number of carbonyl (C=O) groups is 2. The van der Waals surface area contributed by atoms with E-state index in [1.54, 1.807) is 30.1 Å². The summed E-state index contributed by atoms with van der Waals surface area (Å²) in [4.78, 5) is 25.2. The number of esters is 1. The zero-order valence-corrected chi connectivity index (χ0v) is 12.3. The van der Waals surface area contributed by atoms with Gasteiger partial charge >= 0.3 is 5.97 Å². The van der Waals surface area contributed by atoms with Crippen LogP contribution in [0.2, 0.25) is 0 Å². The SMILES string of the molecule is CCCCNC(=O)CN(C)c1ccccc1C(=O)OC. The minimum Gasteiger partial charge on any atom is -0.465 e. The van der Waals surface area contributed by atoms with E-state index in [0.717, 1.165) is 12.8 Å². The van der Waals surface area contributed by atoms with Crippen LogP contribution in [0.5, 0.6) is 0 Å². The first-order valence-electron chi connectivity index (χ1n) is 6.75. The van der Waals surface area contributed by atoms with Crippen molar-refractivity contribution in [2.45, 2.75) is 19.8 Å². The first kappa shape index (κ1) is 16.0. The van der Waals surface area contributed by atoms with Crippen LogP contribution in [-0.2, 0) is 9.53 Å². The minimum atomic E-state index is -0.404. The van der Waals surface area contributed by atoms with Crippen LogP contribution in [0, 0.1) is 0 Å². The highest BCUT2D eigenvalue weighted by atomic mass is 16.5. The number of ether oxygens (including phenoxy) is 1. The summed E-state index contributed by atoms with van der Waals surface area (Å²) in [5.74, 6) is -0.459. The molecule has 1 rings (SSSR count). The summed E-state index contributed by atoms with van der Waals surface area (Å²) < 4.78 is 4.75. The van der Waals surface area contributed by atoms with E-state index in [0.29, 0.717) is 17.8 Å². The van der Waals surface area contributed by atoms with Crippen molar-refractivity contribution >= 4 is 17.6 Å². The van der Waals surface area contributed by atoms with E-state index in [1.165, 1.54) is 7.11 Å². The summed E-state index contributed by atoms with van der Waals surface area (Å²) in [7, 11) is 3.12. The number of nitrogens with one attached hydrogen (secondary N) is 1. The number of hydrogen-bond acceptors (Lipinski definition) is 4. The fraction of sp³-hybridized carbons (Fsp3) is 0.467. The van der Waals surface area contributed by atoms with Crippen molar-refractivity contribution in [2.75, 3.05) is 32.1 Å². The van der Waals surface area contributed by atoms with Crippen LogP contribution in [0.25, 0.3) is 0 Å². The Morgan fingerprint density at radius 1 is 1.30 bits per heavy atom. The maximum absolute atomic E-state index is 11.8. The van der Waals surface area contributed by atoms with Crippen LogP contribution in [0.15, 0.2) is 24.3 Å². The standard InChI is InChI=1S/C15H22N2O3/c1-4-5-10-16-14(18)11-17(2)13-9-7-6-8-12(13)15(19)20-3/h6-9H,4-5,10-11H2,1-3H3,(H,16,18). The van der Waals surface area contributed by atoms with Gasteiger partial charge in [-0.05, 0) is 18.6 Å². The molecule has 0 fully saturated rings. The summed E-state index contributed by atoms with van der Waals surface area (Å²) in [6.45, 7) is 2.96. The molecule has 0 saturated carbocycles. The van der Waals surface area contributed by atoms with Crippen LogP contribution in [0.3, 0.4) is 0 Å². The number of benzene rings is 1. The lowest BCUT2D eigenvalue weighted by Gasteiger charge is -2.21. The molecular weight excluding hydrogens is 256 g/mol. The summed E-state index contributed by atoms with van der Waals surface area (Å²) >= 11 is 0. The quantitative estimate of drug-likeness (QED) is 0.610. The highest BCUT2D eigenvalue weighted by molar-refractivity contribution is 5.96. The molecule has 0 aliphatic rings. The monoisotopic (exact) mass is 278 g/mol. The second-order valence-corrected chi connectivity index (χ2v) is 4.57. The molecule has 1 aromatic rings. The lowest BCUT2D eigenvalue weighted by atomic mass is 10.1. The van der Waals surface area contributed by atoms with Gasteiger partial charge in [0.05, 0.1) is 24.9 Å². The fourth-order valence-electron chi connectivity index (χ4n) is 1.85. The average Bonchev–Trinajstić information content (AvgIpc) is 2.46. The highest BCUT2D eigenvalue weighted by Crippen LogP contribution is 2.19. The van der Waals surface area contributed by atoms with Gasteiger partial charge in [-0.3, -0.25) is 4.79 Å². The second kappa shape index (κ2) is 8.19. The predicted octanol–water partition coefficient (Wildman–Crippen LogP) is 1.83. The van der Waals surface area contributed by atoms with Gasteiger partial charge in [0, 0.05) is 13.6 Å². The molecule has 0 radical (unpaired) electrons. The number of rotatable bonds is 7. The lowest BCUT2D eigenvalue weighted by molar-refractivity contribution is -0.119. The molecule has 1 amide bonds. The largest absolute Gasteiger partial charge is 0.465 e. The molecule has 1 N–H and O–H groups in total. The Morgan fingerprint density at radius 2 is 2.00 bits per heavy atom. The molecule has 1 aromatic carbocycles. The van der Waals surface area contributed by atoms with E-state index in [4.69, 9.17) is 4.74 Å². The Bertz CT molecular complexity index is 460. The van der Waals surface area contributed by atoms with Gasteiger partial charge in [0.25, 0.3) is 0 Å². The normalized spacial score (nSPS) is 9.95. The molecular formula is C15H22N2O3. The van der Waals surface area contributed by atoms with Gasteiger partial charge in [-0.2, -0.15) is 0 Å². The lowest BCUT2D eigenvalue weighted by Crippen LogP contribution is -2.36. The van der Waals surface area contributed by atoms with Crippen molar-refractivity contribution in [2.24, 2.45) is 0 Å². The first-order chi connectivity index (χ1) is 9.60. The molecule has 5 heteroatoms. The van der Waals surface area contributed by atoms with Gasteiger partial charge < -0.3 is 15.0 Å². The van der Waals surface area contributed by atoms with E-state index >= 15 is 0 Å². The first-order valence-corrected chi connectivity index (χ1v) is 6.75. The topological polar surface area (TPSA) is 58.6 Å². The van der Waals surface area contributed by atoms with Crippen molar-refractivity contribution < 1.29 is 14.3 Å². The second-order valence-electron chi connectivity index (χ2n) is 4.57. The van der Waals surface area contributed by atoms with Gasteiger partial charge in [0.1, 0.15) is 0 Å². The molecule has 0 aliphatic heterocycles. The van der Waals surface area contributed by atoms with E-state index in [2.05, 4.69) is 12.2 Å². The van der Waals surface area contributed by atoms with Crippen molar-refractivity contribution in [1.82, 2.24) is 5.32 Å². The number of nitrogens with zero attached hydrogens (tertiary/aromatic N) is 1. The zero-order chi connectivity index (χ0) is 15.0. The Kier molecular flexibility index (Phi) is 6.56. The number of unbranched alkanes of at least 4 members (excludes halogenated alkanes) is 1. The van der Waals surface area contributed by atoms with E-state index < -0.39 is 5.97 Å². The summed E-state index contributed by atoms with van der Waals surface area (Å²) in [6, 6.07) is 7.08. The van der Waals surface area contributed by atoms with E-state index in [9.17, 15) is 9.59 Å². The molecule has 0 atom stereocenters. The Labute approximate surface area is 119 Å². The molecule has 0 spiro atoms. The summed E-state index contributed by atoms with van der Waals surface area (Å²) in [6.07, 6.45) is 2.01. The maximum atomic E-state index is 11.8. The van der Waals surface area contributed by atoms with Gasteiger partial charge in [-0.25, -0.2) is 4.79 Å². The molecule has 5 nitrogen and oxygen atoms in total. The smallest absolute Gasteiger partial charge is 0.339 e. The predicted molar refractivity (Wildman–Crippen MR) is 79.0 cm³/mol. The molecule has 0 aliphatic carbocycles. The third kappa shape index (κ3) is 4.57. The average molecular weight is 278 g/mol. The number of amides is 1. The van der Waals surface area contributed by atoms with Gasteiger partial charge in [0.15, 0.2) is 0 Å². The molecule has 20 heavy (non-hydrogen) atoms. The summed E-state index contributed by atoms with van der Waals surface area (Å²) in [5.41, 5.74) is 1.14.